The molecule has 238 valence electrons. The highest BCUT2D eigenvalue weighted by Crippen LogP contribution is 2.59. The van der Waals surface area contributed by atoms with E-state index < -0.39 is 57.1 Å². The number of ether oxygens (including phenoxy) is 2. The van der Waals surface area contributed by atoms with Gasteiger partial charge in [0.05, 0.1) is 25.4 Å². The van der Waals surface area contributed by atoms with E-state index in [0.717, 1.165) is 7.11 Å². The van der Waals surface area contributed by atoms with Gasteiger partial charge in [-0.25, -0.2) is 43.4 Å². The van der Waals surface area contributed by atoms with Crippen LogP contribution in [0.2, 0.25) is 0 Å². The molecule has 4 N–H and O–H groups in total. The summed E-state index contributed by atoms with van der Waals surface area (Å²) in [7, 11) is 1.09. The zero-order valence-corrected chi connectivity index (χ0v) is 26.5. The minimum atomic E-state index is -4.17. The Morgan fingerprint density at radius 2 is 1.52 bits per heavy atom. The number of hydrogen-bond acceptors (Lipinski definition) is 16. The predicted octanol–water partition coefficient (Wildman–Crippen LogP) is 2.88. The molecule has 0 unspecified atom stereocenters. The van der Waals surface area contributed by atoms with Gasteiger partial charge in [-0.3, -0.25) is 22.7 Å². The van der Waals surface area contributed by atoms with Gasteiger partial charge in [0.15, 0.2) is 41.6 Å². The van der Waals surface area contributed by atoms with Crippen LogP contribution in [0.5, 0.6) is 0 Å². The molecule has 0 radical (unpaired) electrons. The zero-order valence-electron chi connectivity index (χ0n) is 22.9. The van der Waals surface area contributed by atoms with Crippen LogP contribution in [-0.4, -0.2) is 83.3 Å². The van der Waals surface area contributed by atoms with Gasteiger partial charge in [-0.05, 0) is 6.92 Å². The second kappa shape index (κ2) is 12.1. The second-order valence-electron chi connectivity index (χ2n) is 9.88. The summed E-state index contributed by atoms with van der Waals surface area (Å²) in [5, 5.41) is 0. The molecule has 9 atom stereocenters. The summed E-state index contributed by atoms with van der Waals surface area (Å²) in [6.07, 6.45) is -2.66. The number of anilines is 2. The third-order valence-corrected chi connectivity index (χ3v) is 10.4. The largest absolute Gasteiger partial charge is 0.386 e. The van der Waals surface area contributed by atoms with E-state index in [4.69, 9.17) is 39.0 Å². The van der Waals surface area contributed by atoms with Crippen LogP contribution in [0.15, 0.2) is 25.3 Å². The highest BCUT2D eigenvalue weighted by molar-refractivity contribution is 8.44. The predicted molar refractivity (Wildman–Crippen MR) is 158 cm³/mol. The maximum absolute atomic E-state index is 15.9. The summed E-state index contributed by atoms with van der Waals surface area (Å²) in [4.78, 5) is 24.5. The fraction of sp³-hybridized carbons (Fsp3) is 0.524. The molecular formula is C21H27FN10O8P2S2. The first kappa shape index (κ1) is 31.5. The van der Waals surface area contributed by atoms with Crippen molar-refractivity contribution in [3.63, 3.8) is 0 Å². The molecule has 2 aliphatic heterocycles. The smallest absolute Gasteiger partial charge is 0.382 e. The Morgan fingerprint density at radius 1 is 0.932 bits per heavy atom. The Morgan fingerprint density at radius 3 is 2.11 bits per heavy atom. The lowest BCUT2D eigenvalue weighted by Crippen LogP contribution is -2.33. The van der Waals surface area contributed by atoms with E-state index in [-0.39, 0.29) is 28.9 Å². The van der Waals surface area contributed by atoms with Crippen LogP contribution in [0.25, 0.3) is 22.3 Å². The van der Waals surface area contributed by atoms with Crippen LogP contribution < -0.4 is 11.5 Å². The Kier molecular flexibility index (Phi) is 8.64. The van der Waals surface area contributed by atoms with Gasteiger partial charge >= 0.3 is 13.6 Å². The molecular weight excluding hydrogens is 665 g/mol. The van der Waals surface area contributed by atoms with E-state index in [1.807, 2.05) is 6.92 Å². The summed E-state index contributed by atoms with van der Waals surface area (Å²) in [5.74, 6) is 0.252. The number of halogens is 1. The minimum Gasteiger partial charge on any atom is -0.382 e. The molecule has 2 fully saturated rings. The molecule has 0 aliphatic carbocycles. The van der Waals surface area contributed by atoms with Crippen LogP contribution in [-0.2, 0) is 36.7 Å². The van der Waals surface area contributed by atoms with Crippen molar-refractivity contribution in [3.05, 3.63) is 25.3 Å². The molecule has 0 amide bonds. The van der Waals surface area contributed by atoms with Gasteiger partial charge in [-0.1, -0.05) is 24.5 Å². The molecule has 6 rings (SSSR count). The SMILES string of the molecule is CO[P@@](=O)(S)O[C@H]1[C@@H](F)[C@H](n2cnc3c(N)ncnc32)O[C@@H]1CO[P@@](=O)(S)O[C@@H]1C[C@@H](C)O[C@H]1n1cnc2c(N)ncnc21. The number of imidazole rings is 2. The Labute approximate surface area is 258 Å². The molecule has 6 heterocycles. The minimum absolute atomic E-state index is 0.0744. The summed E-state index contributed by atoms with van der Waals surface area (Å²) in [6.45, 7) is -6.95. The third kappa shape index (κ3) is 6.05. The lowest BCUT2D eigenvalue weighted by molar-refractivity contribution is -0.0460. The van der Waals surface area contributed by atoms with Crippen molar-refractivity contribution >= 4 is 72.1 Å². The van der Waals surface area contributed by atoms with Crippen molar-refractivity contribution in [2.24, 2.45) is 0 Å². The topological polar surface area (TPSA) is 229 Å². The molecule has 44 heavy (non-hydrogen) atoms. The van der Waals surface area contributed by atoms with E-state index in [1.54, 1.807) is 4.57 Å². The van der Waals surface area contributed by atoms with E-state index >= 15 is 4.39 Å². The van der Waals surface area contributed by atoms with Crippen LogP contribution in [0.4, 0.5) is 16.0 Å². The number of nitrogen functional groups attached to an aromatic ring is 2. The molecule has 2 saturated heterocycles. The second-order valence-corrected chi connectivity index (χ2v) is 15.7. The van der Waals surface area contributed by atoms with E-state index in [2.05, 4.69) is 54.4 Å². The first-order chi connectivity index (χ1) is 20.9. The molecule has 0 spiro atoms. The van der Waals surface area contributed by atoms with Crippen LogP contribution >= 0.6 is 38.1 Å². The highest BCUT2D eigenvalue weighted by atomic mass is 32.7. The maximum atomic E-state index is 15.9. The fourth-order valence-electron chi connectivity index (χ4n) is 5.02. The number of rotatable bonds is 10. The van der Waals surface area contributed by atoms with Gasteiger partial charge in [0.25, 0.3) is 0 Å². The number of fused-ring (bicyclic) bond motifs is 2. The lowest BCUT2D eigenvalue weighted by Gasteiger charge is -2.25. The number of hydrogen-bond donors (Lipinski definition) is 4. The zero-order chi connectivity index (χ0) is 31.4. The van der Waals surface area contributed by atoms with Gasteiger partial charge in [-0.15, -0.1) is 0 Å². The Bertz CT molecular complexity index is 1790. The molecule has 2 aliphatic rings. The quantitative estimate of drug-likeness (QED) is 0.138. The van der Waals surface area contributed by atoms with Crippen molar-refractivity contribution in [3.8, 4) is 0 Å². The number of alkyl halides is 1. The monoisotopic (exact) mass is 692 g/mol. The van der Waals surface area contributed by atoms with Gasteiger partial charge in [0.1, 0.15) is 42.0 Å². The Hall–Kier alpha value is -2.45. The number of aromatic nitrogens is 8. The normalized spacial score (nSPS) is 30.2. The van der Waals surface area contributed by atoms with Crippen LogP contribution in [0.1, 0.15) is 25.8 Å². The van der Waals surface area contributed by atoms with Crippen LogP contribution in [0, 0.1) is 0 Å². The molecule has 0 saturated carbocycles. The standard InChI is InChI=1S/C21H27FN10O8P2S2/c1-9-3-10(20(37-9)31-7-29-13-16(23)25-5-27-18(13)31)39-42(34,44)36-4-11-15(40-41(33,43)35-2)12(22)21(38-11)32-8-30-14-17(24)26-6-28-19(14)32/h5-12,15,20-21H,3-4H2,1-2H3,(H,33,43)(H,34,44)(H2,23,25,27)(H2,24,26,28)/t9-,10-,11-,12-,15-,20-,21-,41-,42-/m1/s1. The van der Waals surface area contributed by atoms with Gasteiger partial charge < -0.3 is 25.5 Å². The number of nitrogens with zero attached hydrogens (tertiary/aromatic N) is 8. The first-order valence-electron chi connectivity index (χ1n) is 12.9. The fourth-order valence-corrected chi connectivity index (χ4v) is 7.49. The van der Waals surface area contributed by atoms with E-state index in [9.17, 15) is 9.13 Å². The number of thiol groups is 2. The summed E-state index contributed by atoms with van der Waals surface area (Å²) < 4.78 is 78.3. The lowest BCUT2D eigenvalue weighted by atomic mass is 10.1. The highest BCUT2D eigenvalue weighted by Gasteiger charge is 2.51. The molecule has 23 heteroatoms. The third-order valence-electron chi connectivity index (χ3n) is 7.00. The van der Waals surface area contributed by atoms with Crippen molar-refractivity contribution in [2.75, 3.05) is 25.2 Å². The van der Waals surface area contributed by atoms with Crippen molar-refractivity contribution in [1.82, 2.24) is 39.0 Å². The van der Waals surface area contributed by atoms with Gasteiger partial charge in [0, 0.05) is 13.5 Å². The summed E-state index contributed by atoms with van der Waals surface area (Å²) in [6, 6.07) is 0. The summed E-state index contributed by atoms with van der Waals surface area (Å²) in [5.41, 5.74) is 12.9. The average Bonchev–Trinajstić information content (AvgIpc) is 3.74. The van der Waals surface area contributed by atoms with Crippen molar-refractivity contribution in [2.45, 2.75) is 56.4 Å². The van der Waals surface area contributed by atoms with Gasteiger partial charge in [-0.2, -0.15) is 0 Å². The van der Waals surface area contributed by atoms with Crippen molar-refractivity contribution in [1.29, 1.82) is 0 Å². The molecule has 4 aromatic heterocycles. The van der Waals surface area contributed by atoms with Crippen molar-refractivity contribution < 1.29 is 41.1 Å². The average molecular weight is 693 g/mol. The van der Waals surface area contributed by atoms with E-state index in [0.29, 0.717) is 17.6 Å². The first-order valence-corrected chi connectivity index (χ1v) is 18.3. The Balaban J connectivity index is 1.21. The molecule has 18 nitrogen and oxygen atoms in total. The molecule has 0 aromatic carbocycles. The molecule has 4 aromatic rings. The molecule has 0 bridgehead atoms. The number of nitrogens with two attached hydrogens (primary N) is 2. The maximum Gasteiger partial charge on any atom is 0.386 e. The summed E-state index contributed by atoms with van der Waals surface area (Å²) >= 11 is 8.01. The van der Waals surface area contributed by atoms with E-state index in [1.165, 1.54) is 29.9 Å². The van der Waals surface area contributed by atoms with Crippen LogP contribution in [0.3, 0.4) is 0 Å². The van der Waals surface area contributed by atoms with Gasteiger partial charge in [0.2, 0.25) is 0 Å².